The van der Waals surface area contributed by atoms with Crippen LogP contribution in [-0.4, -0.2) is 52.7 Å². The second kappa shape index (κ2) is 7.65. The molecule has 1 aliphatic heterocycles. The Morgan fingerprint density at radius 1 is 1.19 bits per heavy atom. The third-order valence-corrected chi connectivity index (χ3v) is 6.34. The number of nitrogens with one attached hydrogen (secondary N) is 1. The topological polar surface area (TPSA) is 72.4 Å². The smallest absolute Gasteiger partial charge is 0.270 e. The molecule has 1 aliphatic rings. The summed E-state index contributed by atoms with van der Waals surface area (Å²) in [5.74, 6) is 1.62. The Labute approximate surface area is 180 Å². The van der Waals surface area contributed by atoms with E-state index in [1.165, 1.54) is 0 Å². The number of aromatic amines is 1. The molecular weight excluding hydrogens is 392 g/mol. The van der Waals surface area contributed by atoms with Crippen molar-refractivity contribution in [1.82, 2.24) is 19.4 Å². The Morgan fingerprint density at radius 3 is 2.84 bits per heavy atom. The molecule has 7 nitrogen and oxygen atoms in total. The molecule has 0 radical (unpaired) electrons. The lowest BCUT2D eigenvalue weighted by Crippen LogP contribution is -2.39. The van der Waals surface area contributed by atoms with Gasteiger partial charge in [0.25, 0.3) is 5.91 Å². The molecule has 5 rings (SSSR count). The lowest BCUT2D eigenvalue weighted by Gasteiger charge is -2.32. The number of hydrogen-bond acceptors (Lipinski definition) is 4. The molecule has 1 N–H and O–H groups in total. The lowest BCUT2D eigenvalue weighted by atomic mass is 9.94. The van der Waals surface area contributed by atoms with Crippen molar-refractivity contribution in [3.63, 3.8) is 0 Å². The van der Waals surface area contributed by atoms with Crippen molar-refractivity contribution in [3.05, 3.63) is 54.0 Å². The van der Waals surface area contributed by atoms with Gasteiger partial charge >= 0.3 is 0 Å². The van der Waals surface area contributed by atoms with Crippen LogP contribution in [0.1, 0.15) is 34.9 Å². The van der Waals surface area contributed by atoms with Crippen LogP contribution in [0, 0.1) is 0 Å². The fourth-order valence-corrected chi connectivity index (χ4v) is 4.72. The fraction of sp³-hybridized carbons (Fsp3) is 0.333. The van der Waals surface area contributed by atoms with E-state index in [0.717, 1.165) is 47.0 Å². The molecule has 4 aromatic rings. The van der Waals surface area contributed by atoms with Gasteiger partial charge in [-0.25, -0.2) is 0 Å². The summed E-state index contributed by atoms with van der Waals surface area (Å²) in [6.07, 6.45) is 3.83. The molecule has 0 bridgehead atoms. The number of carbonyl (C=O) groups is 1. The van der Waals surface area contributed by atoms with Crippen molar-refractivity contribution in [3.8, 4) is 11.5 Å². The van der Waals surface area contributed by atoms with E-state index in [1.807, 2.05) is 46.8 Å². The van der Waals surface area contributed by atoms with Gasteiger partial charge in [0.05, 0.1) is 30.8 Å². The molecule has 1 amide bonds. The minimum absolute atomic E-state index is 0.0404. The third-order valence-electron chi connectivity index (χ3n) is 6.34. The molecule has 1 atom stereocenters. The van der Waals surface area contributed by atoms with Crippen molar-refractivity contribution in [2.45, 2.75) is 18.8 Å². The van der Waals surface area contributed by atoms with Crippen LogP contribution in [0.5, 0.6) is 11.5 Å². The minimum Gasteiger partial charge on any atom is -0.493 e. The van der Waals surface area contributed by atoms with Gasteiger partial charge in [-0.2, -0.15) is 0 Å². The molecule has 0 saturated carbocycles. The fourth-order valence-electron chi connectivity index (χ4n) is 4.72. The summed E-state index contributed by atoms with van der Waals surface area (Å²) in [6, 6.07) is 11.8. The average Bonchev–Trinajstić information content (AvgIpc) is 3.39. The molecule has 3 aromatic heterocycles. The van der Waals surface area contributed by atoms with Gasteiger partial charge in [0, 0.05) is 43.3 Å². The summed E-state index contributed by atoms with van der Waals surface area (Å²) in [7, 11) is 5.16. The zero-order valence-electron chi connectivity index (χ0n) is 18.0. The number of fused-ring (bicyclic) bond motifs is 2. The summed E-state index contributed by atoms with van der Waals surface area (Å²) in [5, 5.41) is 0.878. The van der Waals surface area contributed by atoms with Crippen LogP contribution >= 0.6 is 0 Å². The van der Waals surface area contributed by atoms with Crippen molar-refractivity contribution in [1.29, 1.82) is 0 Å². The van der Waals surface area contributed by atoms with Crippen molar-refractivity contribution < 1.29 is 14.3 Å². The molecule has 0 unspecified atom stereocenters. The molecule has 160 valence electrons. The Bertz CT molecular complexity index is 1240. The zero-order chi connectivity index (χ0) is 21.5. The van der Waals surface area contributed by atoms with Crippen LogP contribution in [0.15, 0.2) is 42.6 Å². The standard InChI is InChI=1S/C24H26N4O3/c1-27-20-8-9-22(30-2)23(31-3)16(20)12-21(27)24(29)28-11-5-6-15(14-28)18-13-19-17(26-18)7-4-10-25-19/h4,7-10,12-13,15,26H,5-6,11,14H2,1-3H3/t15-/m1/s1. The molecule has 1 fully saturated rings. The SMILES string of the molecule is COc1ccc2c(cc(C(=O)N3CCC[C@@H](c4cc5ncccc5[nH]4)C3)n2C)c1OC. The molecule has 1 aromatic carbocycles. The highest BCUT2D eigenvalue weighted by Gasteiger charge is 2.29. The monoisotopic (exact) mass is 418 g/mol. The number of piperidine rings is 1. The van der Waals surface area contributed by atoms with Gasteiger partial charge in [-0.3, -0.25) is 9.78 Å². The summed E-state index contributed by atoms with van der Waals surface area (Å²) < 4.78 is 12.9. The van der Waals surface area contributed by atoms with Gasteiger partial charge < -0.3 is 23.9 Å². The predicted octanol–water partition coefficient (Wildman–Crippen LogP) is 4.09. The number of nitrogens with zero attached hydrogens (tertiary/aromatic N) is 3. The van der Waals surface area contributed by atoms with Crippen LogP contribution in [0.25, 0.3) is 21.9 Å². The summed E-state index contributed by atoms with van der Waals surface area (Å²) in [6.45, 7) is 1.45. The quantitative estimate of drug-likeness (QED) is 0.542. The van der Waals surface area contributed by atoms with Crippen molar-refractivity contribution in [2.24, 2.45) is 7.05 Å². The number of rotatable bonds is 4. The van der Waals surface area contributed by atoms with Gasteiger partial charge in [-0.05, 0) is 49.2 Å². The number of pyridine rings is 1. The highest BCUT2D eigenvalue weighted by Crippen LogP contribution is 2.37. The second-order valence-corrected chi connectivity index (χ2v) is 8.07. The number of aromatic nitrogens is 3. The summed E-state index contributed by atoms with van der Waals surface area (Å²) in [5.41, 5.74) is 4.75. The Kier molecular flexibility index (Phi) is 4.81. The van der Waals surface area contributed by atoms with E-state index < -0.39 is 0 Å². The molecule has 7 heteroatoms. The Hall–Kier alpha value is -3.48. The van der Waals surface area contributed by atoms with Crippen LogP contribution in [0.4, 0.5) is 0 Å². The number of likely N-dealkylation sites (tertiary alicyclic amines) is 1. The molecule has 4 heterocycles. The maximum absolute atomic E-state index is 13.5. The highest BCUT2D eigenvalue weighted by molar-refractivity contribution is 6.01. The first-order valence-corrected chi connectivity index (χ1v) is 10.5. The normalized spacial score (nSPS) is 16.7. The lowest BCUT2D eigenvalue weighted by molar-refractivity contribution is 0.0697. The average molecular weight is 418 g/mol. The van der Waals surface area contributed by atoms with E-state index >= 15 is 0 Å². The third kappa shape index (κ3) is 3.21. The van der Waals surface area contributed by atoms with E-state index in [9.17, 15) is 4.79 Å². The maximum atomic E-state index is 13.5. The van der Waals surface area contributed by atoms with Gasteiger partial charge in [0.15, 0.2) is 11.5 Å². The number of hydrogen-bond donors (Lipinski definition) is 1. The molecule has 0 aliphatic carbocycles. The Morgan fingerprint density at radius 2 is 2.06 bits per heavy atom. The maximum Gasteiger partial charge on any atom is 0.270 e. The minimum atomic E-state index is 0.0404. The molecular formula is C24H26N4O3. The van der Waals surface area contributed by atoms with Gasteiger partial charge in [-0.1, -0.05) is 0 Å². The Balaban J connectivity index is 1.45. The summed E-state index contributed by atoms with van der Waals surface area (Å²) >= 11 is 0. The van der Waals surface area contributed by atoms with Gasteiger partial charge in [0.1, 0.15) is 5.69 Å². The number of aryl methyl sites for hydroxylation is 1. The number of benzene rings is 1. The van der Waals surface area contributed by atoms with E-state index in [0.29, 0.717) is 23.7 Å². The first-order valence-electron chi connectivity index (χ1n) is 10.5. The summed E-state index contributed by atoms with van der Waals surface area (Å²) in [4.78, 5) is 23.4. The number of carbonyl (C=O) groups excluding carboxylic acids is 1. The molecule has 0 spiro atoms. The number of H-pyrrole nitrogens is 1. The van der Waals surface area contributed by atoms with E-state index in [4.69, 9.17) is 9.47 Å². The van der Waals surface area contributed by atoms with Gasteiger partial charge in [0.2, 0.25) is 0 Å². The van der Waals surface area contributed by atoms with Crippen molar-refractivity contribution >= 4 is 27.8 Å². The van der Waals surface area contributed by atoms with Crippen LogP contribution < -0.4 is 9.47 Å². The molecule has 1 saturated heterocycles. The number of ether oxygens (including phenoxy) is 2. The first kappa shape index (κ1) is 19.5. The van der Waals surface area contributed by atoms with Crippen LogP contribution in [0.2, 0.25) is 0 Å². The predicted molar refractivity (Wildman–Crippen MR) is 120 cm³/mol. The number of amides is 1. The van der Waals surface area contributed by atoms with Crippen LogP contribution in [-0.2, 0) is 7.05 Å². The van der Waals surface area contributed by atoms with Gasteiger partial charge in [-0.15, -0.1) is 0 Å². The van der Waals surface area contributed by atoms with E-state index in [2.05, 4.69) is 16.0 Å². The molecule has 31 heavy (non-hydrogen) atoms. The number of methoxy groups -OCH3 is 2. The zero-order valence-corrected chi connectivity index (χ0v) is 18.0. The highest BCUT2D eigenvalue weighted by atomic mass is 16.5. The van der Waals surface area contributed by atoms with E-state index in [1.54, 1.807) is 20.4 Å². The second-order valence-electron chi connectivity index (χ2n) is 8.07. The van der Waals surface area contributed by atoms with E-state index in [-0.39, 0.29) is 11.8 Å². The van der Waals surface area contributed by atoms with Crippen LogP contribution in [0.3, 0.4) is 0 Å². The van der Waals surface area contributed by atoms with Crippen molar-refractivity contribution in [2.75, 3.05) is 27.3 Å². The first-order chi connectivity index (χ1) is 15.1. The largest absolute Gasteiger partial charge is 0.493 e.